The second-order valence-corrected chi connectivity index (χ2v) is 11.8. The molecule has 228 valence electrons. The van der Waals surface area contributed by atoms with Crippen molar-refractivity contribution in [1.29, 1.82) is 0 Å². The number of carbonyl (C=O) groups excluding carboxylic acids is 3. The highest BCUT2D eigenvalue weighted by atomic mass is 16.3. The first-order valence-electron chi connectivity index (χ1n) is 15.2. The van der Waals surface area contributed by atoms with Crippen LogP contribution in [0.1, 0.15) is 35.6 Å². The predicted octanol–water partition coefficient (Wildman–Crippen LogP) is 2.89. The van der Waals surface area contributed by atoms with E-state index in [0.29, 0.717) is 43.9 Å². The van der Waals surface area contributed by atoms with Crippen LogP contribution in [-0.2, 0) is 39.5 Å². The van der Waals surface area contributed by atoms with E-state index in [1.807, 2.05) is 60.7 Å². The van der Waals surface area contributed by atoms with Gasteiger partial charge >= 0.3 is 0 Å². The molecule has 3 atom stereocenters. The van der Waals surface area contributed by atoms with Crippen LogP contribution in [0.2, 0.25) is 0 Å². The molecule has 3 aromatic rings. The monoisotopic (exact) mass is 594 g/mol. The molecule has 3 heterocycles. The van der Waals surface area contributed by atoms with Gasteiger partial charge in [0.2, 0.25) is 11.8 Å². The van der Waals surface area contributed by atoms with Crippen molar-refractivity contribution in [1.82, 2.24) is 10.2 Å². The molecular weight excluding hydrogens is 556 g/mol. The van der Waals surface area contributed by atoms with E-state index in [1.54, 1.807) is 45.9 Å². The molecule has 3 aliphatic rings. The molecule has 1 fully saturated rings. The van der Waals surface area contributed by atoms with Gasteiger partial charge in [-0.05, 0) is 41.3 Å². The molecule has 3 amide bonds. The Morgan fingerprint density at radius 3 is 2.64 bits per heavy atom. The average molecular weight is 595 g/mol. The maximum atomic E-state index is 14.0. The fourth-order valence-corrected chi connectivity index (χ4v) is 6.62. The molecule has 3 aromatic carbocycles. The van der Waals surface area contributed by atoms with Gasteiger partial charge in [-0.1, -0.05) is 73.7 Å². The number of nitrogens with zero attached hydrogens (tertiary/aromatic N) is 3. The summed E-state index contributed by atoms with van der Waals surface area (Å²) in [6.45, 7) is 3.93. The minimum Gasteiger partial charge on any atom is -0.394 e. The topological polar surface area (TPSA) is 113 Å². The minimum absolute atomic E-state index is 0.00134. The maximum Gasteiger partial charge on any atom is 0.264 e. The first-order chi connectivity index (χ1) is 21.3. The van der Waals surface area contributed by atoms with Crippen LogP contribution in [0.3, 0.4) is 0 Å². The van der Waals surface area contributed by atoms with Gasteiger partial charge in [0, 0.05) is 43.2 Å². The third-order valence-corrected chi connectivity index (χ3v) is 9.09. The van der Waals surface area contributed by atoms with Gasteiger partial charge in [-0.15, -0.1) is 0 Å². The van der Waals surface area contributed by atoms with Gasteiger partial charge in [0.05, 0.1) is 31.4 Å². The van der Waals surface area contributed by atoms with Crippen LogP contribution in [0.25, 0.3) is 0 Å². The standard InChI is InChI=1S/C35H38N4O5/c1-24(8-6-15-32(41)38-22-27-11-3-2-10-26(27)19-29(38)23-40)35(44)30-13-4-5-14-31(30)39(34(35)43)21-25-9-7-12-28(18-25)37-17-16-36-20-33(37)42/h2-14,18,24,29,36,40,44H,15-17,19-23H2,1H3/b8-6+/t24-,29+,35+/m1/s1. The second kappa shape index (κ2) is 12.4. The van der Waals surface area contributed by atoms with Gasteiger partial charge in [-0.25, -0.2) is 0 Å². The number of aliphatic hydroxyl groups is 2. The van der Waals surface area contributed by atoms with Gasteiger partial charge in [0.1, 0.15) is 0 Å². The van der Waals surface area contributed by atoms with Crippen molar-refractivity contribution in [3.63, 3.8) is 0 Å². The lowest BCUT2D eigenvalue weighted by Gasteiger charge is -2.36. The van der Waals surface area contributed by atoms with Crippen LogP contribution in [0.5, 0.6) is 0 Å². The van der Waals surface area contributed by atoms with Gasteiger partial charge in [0.15, 0.2) is 5.60 Å². The molecule has 0 radical (unpaired) electrons. The highest BCUT2D eigenvalue weighted by Crippen LogP contribution is 2.45. The van der Waals surface area contributed by atoms with Gasteiger partial charge in [0.25, 0.3) is 5.91 Å². The smallest absolute Gasteiger partial charge is 0.264 e. The number of amides is 3. The highest BCUT2D eigenvalue weighted by Gasteiger charge is 2.52. The summed E-state index contributed by atoms with van der Waals surface area (Å²) < 4.78 is 0. The van der Waals surface area contributed by atoms with E-state index in [0.717, 1.165) is 22.4 Å². The Bertz CT molecular complexity index is 1610. The number of rotatable bonds is 8. The molecule has 3 N–H and O–H groups in total. The molecular formula is C35H38N4O5. The molecule has 0 aromatic heterocycles. The number of carbonyl (C=O) groups is 3. The SMILES string of the molecule is C[C@H](/C=C/CC(=O)N1Cc2ccccc2C[C@H]1CO)[C@@]1(O)C(=O)N(Cc2cccc(N3CCNCC3=O)c2)c2ccccc21. The molecule has 0 bridgehead atoms. The number of anilines is 2. The molecule has 0 saturated carbocycles. The summed E-state index contributed by atoms with van der Waals surface area (Å²) in [4.78, 5) is 44.7. The number of para-hydroxylation sites is 1. The molecule has 6 rings (SSSR count). The summed E-state index contributed by atoms with van der Waals surface area (Å²) in [6.07, 6.45) is 4.15. The average Bonchev–Trinajstić information content (AvgIpc) is 3.27. The Hall–Kier alpha value is -4.31. The van der Waals surface area contributed by atoms with Crippen molar-refractivity contribution < 1.29 is 24.6 Å². The number of benzene rings is 3. The second-order valence-electron chi connectivity index (χ2n) is 11.8. The lowest BCUT2D eigenvalue weighted by Crippen LogP contribution is -2.48. The van der Waals surface area contributed by atoms with Crippen LogP contribution in [0.4, 0.5) is 11.4 Å². The van der Waals surface area contributed by atoms with Crippen LogP contribution in [0.15, 0.2) is 84.9 Å². The highest BCUT2D eigenvalue weighted by molar-refractivity contribution is 6.07. The molecule has 0 unspecified atom stereocenters. The number of fused-ring (bicyclic) bond motifs is 2. The fourth-order valence-electron chi connectivity index (χ4n) is 6.62. The number of hydrogen-bond donors (Lipinski definition) is 3. The van der Waals surface area contributed by atoms with Crippen molar-refractivity contribution in [2.24, 2.45) is 5.92 Å². The Morgan fingerprint density at radius 2 is 1.84 bits per heavy atom. The summed E-state index contributed by atoms with van der Waals surface area (Å²) in [6, 6.07) is 22.5. The van der Waals surface area contributed by atoms with Gasteiger partial charge in [-0.3, -0.25) is 14.4 Å². The number of piperazine rings is 1. The first-order valence-corrected chi connectivity index (χ1v) is 15.2. The third kappa shape index (κ3) is 5.43. The molecule has 44 heavy (non-hydrogen) atoms. The van der Waals surface area contributed by atoms with Crippen molar-refractivity contribution in [3.8, 4) is 0 Å². The summed E-state index contributed by atoms with van der Waals surface area (Å²) in [5.74, 6) is -1.16. The van der Waals surface area contributed by atoms with E-state index in [-0.39, 0.29) is 37.4 Å². The lowest BCUT2D eigenvalue weighted by atomic mass is 9.83. The van der Waals surface area contributed by atoms with Crippen LogP contribution in [-0.4, -0.2) is 65.1 Å². The summed E-state index contributed by atoms with van der Waals surface area (Å²) >= 11 is 0. The van der Waals surface area contributed by atoms with E-state index in [9.17, 15) is 24.6 Å². The fraction of sp³-hybridized carbons (Fsp3) is 0.343. The number of nitrogens with one attached hydrogen (secondary N) is 1. The zero-order valence-electron chi connectivity index (χ0n) is 24.9. The van der Waals surface area contributed by atoms with E-state index in [1.165, 1.54) is 0 Å². The van der Waals surface area contributed by atoms with E-state index in [4.69, 9.17) is 0 Å². The van der Waals surface area contributed by atoms with Gasteiger partial charge in [-0.2, -0.15) is 0 Å². The van der Waals surface area contributed by atoms with Crippen LogP contribution < -0.4 is 15.1 Å². The lowest BCUT2D eigenvalue weighted by molar-refractivity contribution is -0.139. The van der Waals surface area contributed by atoms with Gasteiger partial charge < -0.3 is 30.2 Å². The minimum atomic E-state index is -1.81. The van der Waals surface area contributed by atoms with Crippen molar-refractivity contribution in [3.05, 3.63) is 107 Å². The van der Waals surface area contributed by atoms with E-state index >= 15 is 0 Å². The summed E-state index contributed by atoms with van der Waals surface area (Å²) in [5.41, 5.74) is 3.21. The molecule has 0 spiro atoms. The largest absolute Gasteiger partial charge is 0.394 e. The molecule has 1 saturated heterocycles. The Balaban J connectivity index is 1.18. The first kappa shape index (κ1) is 29.7. The zero-order chi connectivity index (χ0) is 30.8. The van der Waals surface area contributed by atoms with Crippen LogP contribution >= 0.6 is 0 Å². The maximum absolute atomic E-state index is 14.0. The molecule has 9 nitrogen and oxygen atoms in total. The van der Waals surface area contributed by atoms with Crippen molar-refractivity contribution in [2.45, 2.75) is 44.5 Å². The van der Waals surface area contributed by atoms with Crippen molar-refractivity contribution >= 4 is 29.1 Å². The van der Waals surface area contributed by atoms with E-state index in [2.05, 4.69) is 5.32 Å². The van der Waals surface area contributed by atoms with Crippen molar-refractivity contribution in [2.75, 3.05) is 36.0 Å². The zero-order valence-corrected chi connectivity index (χ0v) is 24.9. The predicted molar refractivity (Wildman–Crippen MR) is 168 cm³/mol. The molecule has 9 heteroatoms. The summed E-state index contributed by atoms with van der Waals surface area (Å²) in [5, 5.41) is 25.0. The number of aliphatic hydroxyl groups excluding tert-OH is 1. The number of hydrogen-bond acceptors (Lipinski definition) is 6. The Morgan fingerprint density at radius 1 is 1.07 bits per heavy atom. The van der Waals surface area contributed by atoms with E-state index < -0.39 is 17.4 Å². The Kier molecular flexibility index (Phi) is 8.35. The third-order valence-electron chi connectivity index (χ3n) is 9.09. The quantitative estimate of drug-likeness (QED) is 0.346. The summed E-state index contributed by atoms with van der Waals surface area (Å²) in [7, 11) is 0. The molecule has 3 aliphatic heterocycles. The molecule has 0 aliphatic carbocycles. The normalized spacial score (nSPS) is 22.3. The Labute approximate surface area is 257 Å². The van der Waals surface area contributed by atoms with Crippen LogP contribution in [0, 0.1) is 5.92 Å².